The molecule has 9 heteroatoms. The highest BCUT2D eigenvalue weighted by Crippen LogP contribution is 2.20. The van der Waals surface area contributed by atoms with E-state index in [4.69, 9.17) is 21.1 Å². The van der Waals surface area contributed by atoms with E-state index in [1.54, 1.807) is 43.5 Å². The smallest absolute Gasteiger partial charge is 0.242 e. The van der Waals surface area contributed by atoms with Crippen LogP contribution in [0.1, 0.15) is 0 Å². The Bertz CT molecular complexity index is 840. The fraction of sp³-hybridized carbons (Fsp3) is 0.235. The van der Waals surface area contributed by atoms with Crippen LogP contribution in [0.2, 0.25) is 5.02 Å². The van der Waals surface area contributed by atoms with Crippen molar-refractivity contribution in [2.75, 3.05) is 26.8 Å². The van der Waals surface area contributed by atoms with E-state index >= 15 is 0 Å². The number of carbonyl (C=O) groups excluding carboxylic acids is 1. The van der Waals surface area contributed by atoms with E-state index in [9.17, 15) is 13.2 Å². The summed E-state index contributed by atoms with van der Waals surface area (Å²) >= 11 is 5.86. The molecule has 2 aromatic carbocycles. The van der Waals surface area contributed by atoms with Gasteiger partial charge in [-0.1, -0.05) is 23.7 Å². The van der Waals surface area contributed by atoms with Crippen LogP contribution in [-0.4, -0.2) is 41.1 Å². The number of benzene rings is 2. The molecule has 2 aromatic rings. The summed E-state index contributed by atoms with van der Waals surface area (Å²) in [5, 5.41) is 2.66. The number of halogens is 1. The molecular weight excluding hydrogens is 380 g/mol. The molecule has 0 atom stereocenters. The molecule has 0 unspecified atom stereocenters. The number of ether oxygens (including phenoxy) is 2. The summed E-state index contributed by atoms with van der Waals surface area (Å²) in [5.41, 5.74) is 0. The quantitative estimate of drug-likeness (QED) is 0.628. The van der Waals surface area contributed by atoms with E-state index in [1.807, 2.05) is 0 Å². The maximum atomic E-state index is 12.1. The maximum Gasteiger partial charge on any atom is 0.242 e. The first-order valence-corrected chi connectivity index (χ1v) is 9.56. The Morgan fingerprint density at radius 2 is 1.73 bits per heavy atom. The first-order chi connectivity index (χ1) is 12.4. The lowest BCUT2D eigenvalue weighted by molar-refractivity contribution is -0.120. The van der Waals surface area contributed by atoms with Crippen molar-refractivity contribution in [1.82, 2.24) is 10.0 Å². The molecule has 0 radical (unpaired) electrons. The number of sulfonamides is 1. The second-order valence-electron chi connectivity index (χ2n) is 5.13. The van der Waals surface area contributed by atoms with Crippen LogP contribution in [0.4, 0.5) is 0 Å². The van der Waals surface area contributed by atoms with Crippen molar-refractivity contribution in [2.45, 2.75) is 4.90 Å². The van der Waals surface area contributed by atoms with E-state index in [0.717, 1.165) is 5.75 Å². The Balaban J connectivity index is 1.72. The third kappa shape index (κ3) is 5.91. The molecule has 0 aromatic heterocycles. The molecule has 26 heavy (non-hydrogen) atoms. The van der Waals surface area contributed by atoms with Gasteiger partial charge in [-0.3, -0.25) is 4.79 Å². The van der Waals surface area contributed by atoms with Crippen LogP contribution in [0.3, 0.4) is 0 Å². The zero-order valence-corrected chi connectivity index (χ0v) is 15.6. The first kappa shape index (κ1) is 20.0. The average molecular weight is 399 g/mol. The fourth-order valence-electron chi connectivity index (χ4n) is 1.99. The molecule has 0 saturated heterocycles. The lowest BCUT2D eigenvalue weighted by Gasteiger charge is -2.10. The van der Waals surface area contributed by atoms with E-state index in [1.165, 1.54) is 12.1 Å². The van der Waals surface area contributed by atoms with Crippen molar-refractivity contribution in [2.24, 2.45) is 0 Å². The van der Waals surface area contributed by atoms with Gasteiger partial charge in [0.1, 0.15) is 23.0 Å². The monoisotopic (exact) mass is 398 g/mol. The summed E-state index contributed by atoms with van der Waals surface area (Å²) in [6.07, 6.45) is 0. The zero-order chi connectivity index (χ0) is 19.0. The maximum absolute atomic E-state index is 12.1. The van der Waals surface area contributed by atoms with Crippen LogP contribution in [-0.2, 0) is 14.8 Å². The average Bonchev–Trinajstić information content (AvgIpc) is 2.64. The van der Waals surface area contributed by atoms with E-state index < -0.39 is 22.5 Å². The lowest BCUT2D eigenvalue weighted by Crippen LogP contribution is -2.38. The molecule has 2 N–H and O–H groups in total. The SMILES string of the molecule is COc1ccc(OCCNC(=O)CNS(=O)(=O)c2ccccc2Cl)cc1. The summed E-state index contributed by atoms with van der Waals surface area (Å²) in [6, 6.07) is 13.0. The van der Waals surface area contributed by atoms with E-state index in [0.29, 0.717) is 5.75 Å². The number of nitrogens with one attached hydrogen (secondary N) is 2. The molecule has 0 bridgehead atoms. The van der Waals surface area contributed by atoms with Crippen molar-refractivity contribution in [1.29, 1.82) is 0 Å². The minimum Gasteiger partial charge on any atom is -0.497 e. The number of amides is 1. The molecule has 0 fully saturated rings. The summed E-state index contributed by atoms with van der Waals surface area (Å²) in [6.45, 7) is 0.0874. The van der Waals surface area contributed by atoms with E-state index in [2.05, 4.69) is 10.0 Å². The molecule has 0 saturated carbocycles. The van der Waals surface area contributed by atoms with Gasteiger partial charge in [0.25, 0.3) is 0 Å². The Morgan fingerprint density at radius 3 is 2.38 bits per heavy atom. The predicted molar refractivity (Wildman–Crippen MR) is 98.1 cm³/mol. The van der Waals surface area contributed by atoms with Crippen LogP contribution >= 0.6 is 11.6 Å². The molecule has 140 valence electrons. The van der Waals surface area contributed by atoms with Crippen LogP contribution < -0.4 is 19.5 Å². The van der Waals surface area contributed by atoms with Crippen molar-refractivity contribution in [3.63, 3.8) is 0 Å². The van der Waals surface area contributed by atoms with Gasteiger partial charge in [0.15, 0.2) is 0 Å². The lowest BCUT2D eigenvalue weighted by atomic mass is 10.3. The summed E-state index contributed by atoms with van der Waals surface area (Å²) in [4.78, 5) is 11.7. The fourth-order valence-corrected chi connectivity index (χ4v) is 3.49. The topological polar surface area (TPSA) is 93.7 Å². The highest BCUT2D eigenvalue weighted by atomic mass is 35.5. The largest absolute Gasteiger partial charge is 0.497 e. The van der Waals surface area contributed by atoms with Crippen molar-refractivity contribution >= 4 is 27.5 Å². The van der Waals surface area contributed by atoms with Gasteiger partial charge in [0.05, 0.1) is 25.2 Å². The van der Waals surface area contributed by atoms with Crippen LogP contribution in [0.15, 0.2) is 53.4 Å². The molecule has 7 nitrogen and oxygen atoms in total. The molecule has 0 spiro atoms. The second kappa shape index (κ2) is 9.42. The Morgan fingerprint density at radius 1 is 1.08 bits per heavy atom. The molecule has 1 amide bonds. The van der Waals surface area contributed by atoms with Gasteiger partial charge in [0, 0.05) is 0 Å². The van der Waals surface area contributed by atoms with Gasteiger partial charge in [0.2, 0.25) is 15.9 Å². The van der Waals surface area contributed by atoms with Gasteiger partial charge in [-0.25, -0.2) is 13.1 Å². The van der Waals surface area contributed by atoms with Gasteiger partial charge in [-0.2, -0.15) is 0 Å². The van der Waals surface area contributed by atoms with E-state index in [-0.39, 0.29) is 23.1 Å². The van der Waals surface area contributed by atoms with Gasteiger partial charge >= 0.3 is 0 Å². The molecule has 0 aliphatic carbocycles. The number of methoxy groups -OCH3 is 1. The highest BCUT2D eigenvalue weighted by Gasteiger charge is 2.18. The van der Waals surface area contributed by atoms with Crippen molar-refractivity contribution in [3.05, 3.63) is 53.6 Å². The predicted octanol–water partition coefficient (Wildman–Crippen LogP) is 1.82. The highest BCUT2D eigenvalue weighted by molar-refractivity contribution is 7.89. The minimum atomic E-state index is -3.85. The normalized spacial score (nSPS) is 11.0. The molecule has 2 rings (SSSR count). The van der Waals surface area contributed by atoms with Crippen LogP contribution in [0, 0.1) is 0 Å². The molecule has 0 aliphatic rings. The Kier molecular flexibility index (Phi) is 7.26. The van der Waals surface area contributed by atoms with Crippen LogP contribution in [0.5, 0.6) is 11.5 Å². The van der Waals surface area contributed by atoms with Gasteiger partial charge in [-0.15, -0.1) is 0 Å². The molecular formula is C17H19ClN2O5S. The third-order valence-corrected chi connectivity index (χ3v) is 5.20. The number of hydrogen-bond acceptors (Lipinski definition) is 5. The minimum absolute atomic E-state index is 0.0719. The zero-order valence-electron chi connectivity index (χ0n) is 14.1. The standard InChI is InChI=1S/C17H19ClN2O5S/c1-24-13-6-8-14(9-7-13)25-11-10-19-17(21)12-20-26(22,23)16-5-3-2-4-15(16)18/h2-9,20H,10-12H2,1H3,(H,19,21). The number of carbonyl (C=O) groups is 1. The third-order valence-electron chi connectivity index (χ3n) is 3.30. The van der Waals surface area contributed by atoms with Crippen molar-refractivity contribution in [3.8, 4) is 11.5 Å². The summed E-state index contributed by atoms with van der Waals surface area (Å²) in [7, 11) is -2.28. The van der Waals surface area contributed by atoms with Gasteiger partial charge < -0.3 is 14.8 Å². The summed E-state index contributed by atoms with van der Waals surface area (Å²) < 4.78 is 36.9. The number of hydrogen-bond donors (Lipinski definition) is 2. The Hall–Kier alpha value is -2.29. The summed E-state index contributed by atoms with van der Waals surface area (Å²) in [5.74, 6) is 0.884. The number of rotatable bonds is 9. The van der Waals surface area contributed by atoms with Crippen LogP contribution in [0.25, 0.3) is 0 Å². The second-order valence-corrected chi connectivity index (χ2v) is 7.27. The Labute approximate surface area is 157 Å². The molecule has 0 aliphatic heterocycles. The van der Waals surface area contributed by atoms with Crippen molar-refractivity contribution < 1.29 is 22.7 Å². The molecule has 0 heterocycles. The first-order valence-electron chi connectivity index (χ1n) is 7.70. The van der Waals surface area contributed by atoms with Gasteiger partial charge in [-0.05, 0) is 36.4 Å².